The molecule has 2 aromatic heterocycles. The summed E-state index contributed by atoms with van der Waals surface area (Å²) in [6, 6.07) is 0. The van der Waals surface area contributed by atoms with Gasteiger partial charge in [0, 0.05) is 27.2 Å². The predicted molar refractivity (Wildman–Crippen MR) is 99.5 cm³/mol. The number of nitrogens with one attached hydrogen (secondary N) is 1. The van der Waals surface area contributed by atoms with E-state index in [0.717, 1.165) is 0 Å². The van der Waals surface area contributed by atoms with Gasteiger partial charge in [0.1, 0.15) is 4.90 Å². The van der Waals surface area contributed by atoms with E-state index in [2.05, 4.69) is 15.5 Å². The largest absolute Gasteiger partial charge is 0.350 e. The molecule has 0 unspecified atom stereocenters. The molecule has 1 atom stereocenters. The molecule has 27 heavy (non-hydrogen) atoms. The molecular formula is C16H23ClN6O3S. The van der Waals surface area contributed by atoms with E-state index in [1.807, 2.05) is 0 Å². The molecule has 0 aliphatic carbocycles. The fraction of sp³-hybridized carbons (Fsp3) is 0.562. The van der Waals surface area contributed by atoms with E-state index >= 15 is 0 Å². The molecule has 0 saturated carbocycles. The zero-order valence-corrected chi connectivity index (χ0v) is 17.1. The molecule has 148 valence electrons. The molecule has 1 aliphatic heterocycles. The summed E-state index contributed by atoms with van der Waals surface area (Å²) >= 11 is 6.05. The van der Waals surface area contributed by atoms with Crippen molar-refractivity contribution in [3.63, 3.8) is 0 Å². The van der Waals surface area contributed by atoms with Crippen LogP contribution in [0.15, 0.2) is 17.3 Å². The minimum atomic E-state index is -3.68. The monoisotopic (exact) mass is 414 g/mol. The van der Waals surface area contributed by atoms with Gasteiger partial charge in [0.15, 0.2) is 0 Å². The number of carbonyl (C=O) groups excluding carboxylic acids is 1. The Hall–Kier alpha value is -1.91. The molecule has 3 rings (SSSR count). The summed E-state index contributed by atoms with van der Waals surface area (Å²) in [4.78, 5) is 12.8. The Morgan fingerprint density at radius 3 is 2.59 bits per heavy atom. The van der Waals surface area contributed by atoms with Crippen molar-refractivity contribution < 1.29 is 13.2 Å². The lowest BCUT2D eigenvalue weighted by atomic mass is 9.99. The summed E-state index contributed by atoms with van der Waals surface area (Å²) in [5.41, 5.74) is 1.28. The Labute approximate surface area is 163 Å². The Balaban J connectivity index is 1.68. The number of hydrogen-bond acceptors (Lipinski definition) is 5. The molecule has 0 aromatic carbocycles. The molecule has 0 radical (unpaired) electrons. The normalized spacial score (nSPS) is 18.6. The number of aryl methyl sites for hydroxylation is 2. The van der Waals surface area contributed by atoms with Crippen molar-refractivity contribution >= 4 is 27.5 Å². The minimum absolute atomic E-state index is 0.154. The zero-order valence-electron chi connectivity index (χ0n) is 15.5. The smallest absolute Gasteiger partial charge is 0.246 e. The van der Waals surface area contributed by atoms with Crippen LogP contribution in [-0.2, 0) is 35.5 Å². The quantitative estimate of drug-likeness (QED) is 0.780. The number of aromatic nitrogens is 4. The van der Waals surface area contributed by atoms with Crippen LogP contribution in [0.5, 0.6) is 0 Å². The highest BCUT2D eigenvalue weighted by atomic mass is 35.5. The van der Waals surface area contributed by atoms with Gasteiger partial charge in [-0.05, 0) is 19.8 Å². The maximum absolute atomic E-state index is 12.9. The first-order valence-corrected chi connectivity index (χ1v) is 10.5. The lowest BCUT2D eigenvalue weighted by molar-refractivity contribution is -0.126. The van der Waals surface area contributed by atoms with Crippen molar-refractivity contribution in [2.45, 2.75) is 31.2 Å². The first kappa shape index (κ1) is 19.8. The standard InChI is InChI=1S/C16H23ClN6O3S/c1-11-15(9-20-21(11)2)27(25,26)23-6-4-5-12(10-23)16(24)18-8-14-13(17)7-19-22(14)3/h7,9,12H,4-6,8,10H2,1-3H3,(H,18,24)/t12-/m1/s1. The molecule has 1 amide bonds. The van der Waals surface area contributed by atoms with Gasteiger partial charge in [0.05, 0.1) is 41.3 Å². The van der Waals surface area contributed by atoms with E-state index in [9.17, 15) is 13.2 Å². The summed E-state index contributed by atoms with van der Waals surface area (Å²) in [6.07, 6.45) is 4.15. The van der Waals surface area contributed by atoms with Gasteiger partial charge in [-0.15, -0.1) is 0 Å². The fourth-order valence-electron chi connectivity index (χ4n) is 3.20. The van der Waals surface area contributed by atoms with E-state index in [4.69, 9.17) is 11.6 Å². The van der Waals surface area contributed by atoms with E-state index in [1.165, 1.54) is 21.4 Å². The second-order valence-electron chi connectivity index (χ2n) is 6.70. The van der Waals surface area contributed by atoms with Gasteiger partial charge in [0.25, 0.3) is 0 Å². The highest BCUT2D eigenvalue weighted by molar-refractivity contribution is 7.89. The second-order valence-corrected chi connectivity index (χ2v) is 9.01. The van der Waals surface area contributed by atoms with Crippen LogP contribution in [0.25, 0.3) is 0 Å². The Morgan fingerprint density at radius 2 is 2.00 bits per heavy atom. The molecule has 0 spiro atoms. The summed E-state index contributed by atoms with van der Waals surface area (Å²) < 4.78 is 30.4. The summed E-state index contributed by atoms with van der Waals surface area (Å²) in [5, 5.41) is 11.4. The van der Waals surface area contributed by atoms with Gasteiger partial charge in [-0.1, -0.05) is 11.6 Å². The third kappa shape index (κ3) is 3.87. The molecule has 1 fully saturated rings. The van der Waals surface area contributed by atoms with E-state index in [-0.39, 0.29) is 23.9 Å². The average Bonchev–Trinajstić information content (AvgIpc) is 3.15. The third-order valence-corrected chi connectivity index (χ3v) is 7.29. The van der Waals surface area contributed by atoms with Crippen molar-refractivity contribution in [2.24, 2.45) is 20.0 Å². The van der Waals surface area contributed by atoms with Crippen LogP contribution >= 0.6 is 11.6 Å². The molecule has 1 N–H and O–H groups in total. The summed E-state index contributed by atoms with van der Waals surface area (Å²) in [7, 11) is -0.228. The molecule has 11 heteroatoms. The van der Waals surface area contributed by atoms with Crippen LogP contribution in [0.2, 0.25) is 5.02 Å². The van der Waals surface area contributed by atoms with Gasteiger partial charge < -0.3 is 5.32 Å². The molecule has 3 heterocycles. The second kappa shape index (κ2) is 7.61. The highest BCUT2D eigenvalue weighted by Crippen LogP contribution is 2.25. The third-order valence-electron chi connectivity index (χ3n) is 5.00. The molecule has 9 nitrogen and oxygen atoms in total. The number of carbonyl (C=O) groups is 1. The van der Waals surface area contributed by atoms with Crippen LogP contribution in [-0.4, -0.2) is 51.3 Å². The first-order valence-electron chi connectivity index (χ1n) is 8.64. The van der Waals surface area contributed by atoms with Crippen LogP contribution < -0.4 is 5.32 Å². The average molecular weight is 415 g/mol. The van der Waals surface area contributed by atoms with Crippen molar-refractivity contribution in [1.29, 1.82) is 0 Å². The van der Waals surface area contributed by atoms with Crippen molar-refractivity contribution in [3.05, 3.63) is 28.8 Å². The minimum Gasteiger partial charge on any atom is -0.350 e. The lowest BCUT2D eigenvalue weighted by Gasteiger charge is -2.31. The number of sulfonamides is 1. The maximum atomic E-state index is 12.9. The zero-order chi connectivity index (χ0) is 19.8. The van der Waals surface area contributed by atoms with E-state index in [0.29, 0.717) is 35.8 Å². The topological polar surface area (TPSA) is 102 Å². The highest BCUT2D eigenvalue weighted by Gasteiger charge is 2.35. The van der Waals surface area contributed by atoms with Crippen LogP contribution in [0, 0.1) is 12.8 Å². The van der Waals surface area contributed by atoms with Gasteiger partial charge in [0.2, 0.25) is 15.9 Å². The SMILES string of the molecule is Cc1c(S(=O)(=O)N2CCC[C@@H](C(=O)NCc3c(Cl)cnn3C)C2)cnn1C. The number of piperidine rings is 1. The van der Waals surface area contributed by atoms with Crippen molar-refractivity contribution in [2.75, 3.05) is 13.1 Å². The number of halogens is 1. The van der Waals surface area contributed by atoms with E-state index < -0.39 is 15.9 Å². The Bertz CT molecular complexity index is 932. The lowest BCUT2D eigenvalue weighted by Crippen LogP contribution is -2.45. The maximum Gasteiger partial charge on any atom is 0.246 e. The number of amides is 1. The first-order chi connectivity index (χ1) is 12.7. The molecular weight excluding hydrogens is 392 g/mol. The predicted octanol–water partition coefficient (Wildman–Crippen LogP) is 0.833. The molecule has 1 saturated heterocycles. The molecule has 1 aliphatic rings. The number of rotatable bonds is 5. The summed E-state index contributed by atoms with van der Waals surface area (Å²) in [6.45, 7) is 2.51. The Morgan fingerprint density at radius 1 is 1.30 bits per heavy atom. The van der Waals surface area contributed by atoms with Crippen LogP contribution in [0.3, 0.4) is 0 Å². The van der Waals surface area contributed by atoms with Gasteiger partial charge in [-0.2, -0.15) is 14.5 Å². The summed E-state index contributed by atoms with van der Waals surface area (Å²) in [5.74, 6) is -0.590. The van der Waals surface area contributed by atoms with Crippen molar-refractivity contribution in [3.8, 4) is 0 Å². The number of nitrogens with zero attached hydrogens (tertiary/aromatic N) is 5. The fourth-order valence-corrected chi connectivity index (χ4v) is 5.14. The van der Waals surface area contributed by atoms with Crippen LogP contribution in [0.1, 0.15) is 24.2 Å². The van der Waals surface area contributed by atoms with Crippen molar-refractivity contribution in [1.82, 2.24) is 29.2 Å². The number of hydrogen-bond donors (Lipinski definition) is 1. The Kier molecular flexibility index (Phi) is 5.59. The van der Waals surface area contributed by atoms with E-state index in [1.54, 1.807) is 25.7 Å². The molecule has 0 bridgehead atoms. The van der Waals surface area contributed by atoms with Gasteiger partial charge in [-0.25, -0.2) is 8.42 Å². The van der Waals surface area contributed by atoms with Gasteiger partial charge >= 0.3 is 0 Å². The van der Waals surface area contributed by atoms with Crippen LogP contribution in [0.4, 0.5) is 0 Å². The molecule has 2 aromatic rings. The van der Waals surface area contributed by atoms with Gasteiger partial charge in [-0.3, -0.25) is 14.2 Å².